The maximum atomic E-state index is 10.3. The number of nitrogens with zero attached hydrogens (tertiary/aromatic N) is 2. The van der Waals surface area contributed by atoms with Gasteiger partial charge in [-0.2, -0.15) is 8.42 Å². The zero-order chi connectivity index (χ0) is 16.8. The molecule has 0 radical (unpaired) electrons. The van der Waals surface area contributed by atoms with Crippen LogP contribution in [0.15, 0.2) is 0 Å². The van der Waals surface area contributed by atoms with Crippen molar-refractivity contribution in [1.29, 1.82) is 0 Å². The first-order chi connectivity index (χ1) is 9.40. The molecule has 0 saturated carbocycles. The first-order valence-corrected chi connectivity index (χ1v) is 6.22. The number of nitrogens with two attached hydrogens (primary N) is 2. The van der Waals surface area contributed by atoms with E-state index in [1.807, 2.05) is 10.6 Å². The zero-order valence-electron chi connectivity index (χ0n) is 10.2. The molecule has 0 atom stereocenters. The van der Waals surface area contributed by atoms with E-state index in [0.29, 0.717) is 0 Å². The highest BCUT2D eigenvalue weighted by Gasteiger charge is 2.23. The second kappa shape index (κ2) is 7.45. The second-order valence-corrected chi connectivity index (χ2v) is 4.31. The van der Waals surface area contributed by atoms with Gasteiger partial charge in [0.05, 0.1) is 0 Å². The third-order valence-corrected chi connectivity index (χ3v) is 1.64. The molecular weight excluding hydrogens is 316 g/mol. The minimum atomic E-state index is -4.67. The van der Waals surface area contributed by atoms with E-state index >= 15 is 0 Å². The Kier molecular flexibility index (Phi) is 6.62. The van der Waals surface area contributed by atoms with Gasteiger partial charge in [-0.25, -0.2) is 21.3 Å². The number of nitrogens with one attached hydrogen (secondary N) is 2. The van der Waals surface area contributed by atoms with E-state index in [-0.39, 0.29) is 24.9 Å². The summed E-state index contributed by atoms with van der Waals surface area (Å²) in [5.41, 5.74) is 0. The number of urea groups is 2. The molecular formula is C6H12N6O8S. The molecule has 2 heterocycles. The number of hydrazine groups is 2. The molecule has 8 N–H and O–H groups in total. The van der Waals surface area contributed by atoms with Crippen LogP contribution in [0, 0.1) is 0 Å². The summed E-state index contributed by atoms with van der Waals surface area (Å²) in [5.74, 6) is 9.24. The van der Waals surface area contributed by atoms with Crippen molar-refractivity contribution >= 4 is 34.3 Å². The topological polar surface area (TPSA) is 225 Å². The van der Waals surface area contributed by atoms with Crippen molar-refractivity contribution in [2.75, 3.05) is 13.1 Å². The van der Waals surface area contributed by atoms with Crippen molar-refractivity contribution in [2.24, 2.45) is 11.7 Å². The third kappa shape index (κ3) is 9.24. The predicted molar refractivity (Wildman–Crippen MR) is 63.0 cm³/mol. The Morgan fingerprint density at radius 3 is 1.14 bits per heavy atom. The minimum Gasteiger partial charge on any atom is -0.275 e. The van der Waals surface area contributed by atoms with Crippen molar-refractivity contribution in [3.63, 3.8) is 0 Å². The Morgan fingerprint density at radius 1 is 0.857 bits per heavy atom. The van der Waals surface area contributed by atoms with E-state index in [2.05, 4.69) is 0 Å². The highest BCUT2D eigenvalue weighted by Crippen LogP contribution is 1.88. The molecule has 2 fully saturated rings. The fourth-order valence-corrected chi connectivity index (χ4v) is 0.914. The maximum absolute atomic E-state index is 10.3. The Morgan fingerprint density at radius 2 is 1.10 bits per heavy atom. The molecule has 2 rings (SSSR count). The molecule has 0 unspecified atom stereocenters. The van der Waals surface area contributed by atoms with E-state index in [9.17, 15) is 19.2 Å². The van der Waals surface area contributed by atoms with Crippen LogP contribution in [0.4, 0.5) is 9.59 Å². The molecule has 0 aromatic heterocycles. The van der Waals surface area contributed by atoms with Crippen LogP contribution in [0.25, 0.3) is 0 Å². The summed E-state index contributed by atoms with van der Waals surface area (Å²) in [6.07, 6.45) is 0. The van der Waals surface area contributed by atoms with Gasteiger partial charge < -0.3 is 0 Å². The fraction of sp³-hybridized carbons (Fsp3) is 0.333. The molecule has 0 aromatic rings. The molecule has 0 bridgehead atoms. The largest absolute Gasteiger partial charge is 0.394 e. The maximum Gasteiger partial charge on any atom is 0.394 e. The van der Waals surface area contributed by atoms with Crippen molar-refractivity contribution in [3.8, 4) is 0 Å². The average molecular weight is 328 g/mol. The van der Waals surface area contributed by atoms with Crippen LogP contribution in [-0.2, 0) is 20.0 Å². The van der Waals surface area contributed by atoms with Gasteiger partial charge in [-0.05, 0) is 0 Å². The van der Waals surface area contributed by atoms with Crippen LogP contribution in [0.5, 0.6) is 0 Å². The smallest absolute Gasteiger partial charge is 0.275 e. The first-order valence-electron chi connectivity index (χ1n) is 4.82. The number of imide groups is 2. The van der Waals surface area contributed by atoms with Crippen molar-refractivity contribution in [2.45, 2.75) is 0 Å². The van der Waals surface area contributed by atoms with Crippen molar-refractivity contribution < 1.29 is 36.7 Å². The molecule has 21 heavy (non-hydrogen) atoms. The van der Waals surface area contributed by atoms with Crippen LogP contribution < -0.4 is 22.3 Å². The monoisotopic (exact) mass is 328 g/mol. The van der Waals surface area contributed by atoms with E-state index in [1.165, 1.54) is 0 Å². The molecule has 0 aliphatic carbocycles. The lowest BCUT2D eigenvalue weighted by atomic mass is 10.7. The van der Waals surface area contributed by atoms with Gasteiger partial charge in [0.1, 0.15) is 13.1 Å². The van der Waals surface area contributed by atoms with E-state index in [0.717, 1.165) is 10.0 Å². The number of carbonyl (C=O) groups is 4. The lowest BCUT2D eigenvalue weighted by Gasteiger charge is -1.99. The second-order valence-electron chi connectivity index (χ2n) is 3.41. The highest BCUT2D eigenvalue weighted by molar-refractivity contribution is 7.79. The standard InChI is InChI=1S/2C3H5N3O2.H2O4S/c2*4-6-1-2(7)5-3(6)8;1-5(2,3)4/h2*1,4H2,(H,5,7,8);(H2,1,2,3,4). The molecule has 2 aliphatic rings. The van der Waals surface area contributed by atoms with Gasteiger partial charge in [0.15, 0.2) is 0 Å². The lowest BCUT2D eigenvalue weighted by Crippen LogP contribution is -2.34. The summed E-state index contributed by atoms with van der Waals surface area (Å²) in [7, 11) is -4.67. The van der Waals surface area contributed by atoms with Crippen LogP contribution in [0.3, 0.4) is 0 Å². The summed E-state index contributed by atoms with van der Waals surface area (Å²) in [6.45, 7) is -0.0579. The summed E-state index contributed by atoms with van der Waals surface area (Å²) < 4.78 is 31.6. The Hall–Kier alpha value is -2.33. The summed E-state index contributed by atoms with van der Waals surface area (Å²) in [5, 5.41) is 5.62. The molecule has 14 nitrogen and oxygen atoms in total. The number of rotatable bonds is 0. The average Bonchev–Trinajstić information content (AvgIpc) is 2.68. The zero-order valence-corrected chi connectivity index (χ0v) is 11.0. The van der Waals surface area contributed by atoms with Gasteiger partial charge in [0, 0.05) is 0 Å². The summed E-state index contributed by atoms with van der Waals surface area (Å²) in [4.78, 5) is 40.9. The first kappa shape index (κ1) is 18.7. The number of amides is 6. The molecule has 120 valence electrons. The number of hydrogen-bond donors (Lipinski definition) is 6. The third-order valence-electron chi connectivity index (χ3n) is 1.64. The molecule has 2 aliphatic heterocycles. The number of hydrogen-bond acceptors (Lipinski definition) is 8. The summed E-state index contributed by atoms with van der Waals surface area (Å²) in [6, 6.07) is -1.06. The van der Waals surface area contributed by atoms with Gasteiger partial charge in [-0.1, -0.05) is 0 Å². The van der Waals surface area contributed by atoms with Gasteiger partial charge >= 0.3 is 22.5 Å². The highest BCUT2D eigenvalue weighted by atomic mass is 32.3. The Labute approximate surface area is 117 Å². The van der Waals surface area contributed by atoms with Gasteiger partial charge in [-0.15, -0.1) is 0 Å². The van der Waals surface area contributed by atoms with Crippen LogP contribution in [-0.4, -0.2) is 64.5 Å². The molecule has 0 aromatic carbocycles. The fourth-order valence-electron chi connectivity index (χ4n) is 0.914. The van der Waals surface area contributed by atoms with Gasteiger partial charge in [0.2, 0.25) is 11.8 Å². The normalized spacial score (nSPS) is 17.5. The number of carbonyl (C=O) groups excluding carboxylic acids is 4. The SMILES string of the molecule is NN1CC(=O)NC1=O.NN1CC(=O)NC1=O.O=S(=O)(O)O. The molecule has 0 spiro atoms. The predicted octanol–water partition coefficient (Wildman–Crippen LogP) is -3.83. The minimum absolute atomic E-state index is 0.0289. The molecule has 15 heteroatoms. The van der Waals surface area contributed by atoms with E-state index in [1.54, 1.807) is 0 Å². The van der Waals surface area contributed by atoms with Crippen molar-refractivity contribution in [3.05, 3.63) is 0 Å². The van der Waals surface area contributed by atoms with Crippen LogP contribution in [0.1, 0.15) is 0 Å². The van der Waals surface area contributed by atoms with Crippen molar-refractivity contribution in [1.82, 2.24) is 20.7 Å². The van der Waals surface area contributed by atoms with Crippen LogP contribution >= 0.6 is 0 Å². The Balaban J connectivity index is 0.000000296. The quantitative estimate of drug-likeness (QED) is 0.110. The van der Waals surface area contributed by atoms with E-state index < -0.39 is 22.5 Å². The molecule has 2 saturated heterocycles. The Bertz CT molecular complexity index is 503. The van der Waals surface area contributed by atoms with E-state index in [4.69, 9.17) is 29.2 Å². The van der Waals surface area contributed by atoms with Gasteiger partial charge in [-0.3, -0.25) is 39.3 Å². The molecule has 6 amide bonds. The lowest BCUT2D eigenvalue weighted by molar-refractivity contribution is -0.119. The summed E-state index contributed by atoms with van der Waals surface area (Å²) >= 11 is 0. The van der Waals surface area contributed by atoms with Gasteiger partial charge in [0.25, 0.3) is 0 Å². The van der Waals surface area contributed by atoms with Crippen LogP contribution in [0.2, 0.25) is 0 Å².